The summed E-state index contributed by atoms with van der Waals surface area (Å²) in [4.78, 5) is 12.8. The summed E-state index contributed by atoms with van der Waals surface area (Å²) in [6.07, 6.45) is 8.81. The number of hydrogen-bond donors (Lipinski definition) is 0. The second-order valence-corrected chi connectivity index (χ2v) is 7.19. The third-order valence-electron chi connectivity index (χ3n) is 4.56. The van der Waals surface area contributed by atoms with Crippen molar-refractivity contribution in [3.8, 4) is 5.75 Å². The van der Waals surface area contributed by atoms with Crippen LogP contribution in [-0.4, -0.2) is 5.97 Å². The van der Waals surface area contributed by atoms with E-state index in [1.165, 1.54) is 19.3 Å². The van der Waals surface area contributed by atoms with E-state index < -0.39 is 0 Å². The van der Waals surface area contributed by atoms with Gasteiger partial charge in [-0.15, -0.1) is 0 Å². The van der Waals surface area contributed by atoms with E-state index >= 15 is 0 Å². The van der Waals surface area contributed by atoms with E-state index in [1.54, 1.807) is 0 Å². The molecule has 1 aromatic rings. The Morgan fingerprint density at radius 2 is 1.48 bits per heavy atom. The fourth-order valence-electron chi connectivity index (χ4n) is 3.06. The lowest BCUT2D eigenvalue weighted by molar-refractivity contribution is -0.146. The second-order valence-electron chi connectivity index (χ2n) is 7.19. The first-order chi connectivity index (χ1) is 10.9. The van der Waals surface area contributed by atoms with Crippen LogP contribution in [0.1, 0.15) is 83.3 Å². The average Bonchev–Trinajstić information content (AvgIpc) is 2.48. The number of aryl methyl sites for hydroxylation is 2. The van der Waals surface area contributed by atoms with Crippen LogP contribution >= 0.6 is 0 Å². The summed E-state index contributed by atoms with van der Waals surface area (Å²) in [6, 6.07) is 5.99. The molecule has 0 saturated carbocycles. The molecule has 0 N–H and O–H groups in total. The van der Waals surface area contributed by atoms with Crippen LogP contribution in [0.15, 0.2) is 18.2 Å². The molecule has 0 bridgehead atoms. The van der Waals surface area contributed by atoms with Gasteiger partial charge in [-0.2, -0.15) is 0 Å². The van der Waals surface area contributed by atoms with E-state index in [4.69, 9.17) is 4.74 Å². The van der Waals surface area contributed by atoms with Crippen molar-refractivity contribution in [1.82, 2.24) is 0 Å². The van der Waals surface area contributed by atoms with Crippen LogP contribution in [0.25, 0.3) is 0 Å². The minimum absolute atomic E-state index is 0.0625. The molecule has 1 atom stereocenters. The summed E-state index contributed by atoms with van der Waals surface area (Å²) in [5.74, 6) is 0.622. The highest BCUT2D eigenvalue weighted by Gasteiger charge is 2.34. The van der Waals surface area contributed by atoms with Crippen molar-refractivity contribution in [2.75, 3.05) is 0 Å². The standard InChI is InChI=1S/C21H34O2/c1-6-8-10-11-13-21(5,12-9-7-2)20(22)23-19-15-17(3)14-18(4)16-19/h14-16H,6-13H2,1-5H3. The van der Waals surface area contributed by atoms with Gasteiger partial charge in [0.25, 0.3) is 0 Å². The zero-order chi connectivity index (χ0) is 17.3. The topological polar surface area (TPSA) is 26.3 Å². The molecule has 2 nitrogen and oxygen atoms in total. The first-order valence-electron chi connectivity index (χ1n) is 9.22. The van der Waals surface area contributed by atoms with Gasteiger partial charge in [0, 0.05) is 0 Å². The van der Waals surface area contributed by atoms with Gasteiger partial charge in [0.05, 0.1) is 5.41 Å². The molecule has 0 aliphatic rings. The molecule has 0 heterocycles. The van der Waals surface area contributed by atoms with Gasteiger partial charge in [-0.25, -0.2) is 0 Å². The third kappa shape index (κ3) is 6.76. The number of benzene rings is 1. The van der Waals surface area contributed by atoms with Crippen molar-refractivity contribution in [3.63, 3.8) is 0 Å². The minimum Gasteiger partial charge on any atom is -0.426 e. The lowest BCUT2D eigenvalue weighted by atomic mass is 9.80. The molecule has 1 unspecified atom stereocenters. The third-order valence-corrected chi connectivity index (χ3v) is 4.56. The lowest BCUT2D eigenvalue weighted by Crippen LogP contribution is -2.32. The van der Waals surface area contributed by atoms with E-state index in [9.17, 15) is 4.79 Å². The molecule has 23 heavy (non-hydrogen) atoms. The average molecular weight is 319 g/mol. The zero-order valence-electron chi connectivity index (χ0n) is 15.7. The molecule has 0 saturated heterocycles. The van der Waals surface area contributed by atoms with Crippen molar-refractivity contribution in [2.45, 2.75) is 86.0 Å². The molecule has 0 radical (unpaired) electrons. The lowest BCUT2D eigenvalue weighted by Gasteiger charge is -2.27. The van der Waals surface area contributed by atoms with Crippen LogP contribution in [-0.2, 0) is 4.79 Å². The van der Waals surface area contributed by atoms with Crippen LogP contribution in [0.2, 0.25) is 0 Å². The van der Waals surface area contributed by atoms with E-state index in [-0.39, 0.29) is 11.4 Å². The second kappa shape index (κ2) is 9.75. The Bertz CT molecular complexity index is 472. The van der Waals surface area contributed by atoms with Gasteiger partial charge in [0.1, 0.15) is 5.75 Å². The maximum atomic E-state index is 12.8. The molecular formula is C21H34O2. The van der Waals surface area contributed by atoms with Gasteiger partial charge < -0.3 is 4.74 Å². The van der Waals surface area contributed by atoms with Gasteiger partial charge in [0.15, 0.2) is 0 Å². The van der Waals surface area contributed by atoms with Crippen molar-refractivity contribution >= 4 is 5.97 Å². The van der Waals surface area contributed by atoms with Crippen LogP contribution in [0.3, 0.4) is 0 Å². The number of unbranched alkanes of at least 4 members (excludes halogenated alkanes) is 4. The molecule has 0 aliphatic carbocycles. The Morgan fingerprint density at radius 1 is 0.913 bits per heavy atom. The Balaban J connectivity index is 2.76. The number of esters is 1. The van der Waals surface area contributed by atoms with E-state index in [1.807, 2.05) is 26.0 Å². The zero-order valence-corrected chi connectivity index (χ0v) is 15.7. The van der Waals surface area contributed by atoms with E-state index in [0.29, 0.717) is 5.75 Å². The highest BCUT2D eigenvalue weighted by atomic mass is 16.5. The summed E-state index contributed by atoms with van der Waals surface area (Å²) in [5, 5.41) is 0. The van der Waals surface area contributed by atoms with Gasteiger partial charge >= 0.3 is 5.97 Å². The quantitative estimate of drug-likeness (QED) is 0.284. The molecule has 0 amide bonds. The molecular weight excluding hydrogens is 284 g/mol. The van der Waals surface area contributed by atoms with Crippen LogP contribution < -0.4 is 4.74 Å². The number of carbonyl (C=O) groups is 1. The van der Waals surface area contributed by atoms with Gasteiger partial charge in [-0.3, -0.25) is 4.79 Å². The number of rotatable bonds is 10. The van der Waals surface area contributed by atoms with Gasteiger partial charge in [0.2, 0.25) is 0 Å². The SMILES string of the molecule is CCCCCCC(C)(CCCC)C(=O)Oc1cc(C)cc(C)c1. The maximum Gasteiger partial charge on any atom is 0.317 e. The largest absolute Gasteiger partial charge is 0.426 e. The number of carbonyl (C=O) groups excluding carboxylic acids is 1. The Hall–Kier alpha value is -1.31. The summed E-state index contributed by atoms with van der Waals surface area (Å²) in [5.41, 5.74) is 1.90. The monoisotopic (exact) mass is 318 g/mol. The highest BCUT2D eigenvalue weighted by Crippen LogP contribution is 2.33. The molecule has 0 aromatic heterocycles. The van der Waals surface area contributed by atoms with Crippen LogP contribution in [0.4, 0.5) is 0 Å². The summed E-state index contributed by atoms with van der Waals surface area (Å²) >= 11 is 0. The van der Waals surface area contributed by atoms with Crippen molar-refractivity contribution in [3.05, 3.63) is 29.3 Å². The highest BCUT2D eigenvalue weighted by molar-refractivity contribution is 5.78. The number of ether oxygens (including phenoxy) is 1. The molecule has 0 aliphatic heterocycles. The first-order valence-corrected chi connectivity index (χ1v) is 9.22. The normalized spacial score (nSPS) is 13.6. The van der Waals surface area contributed by atoms with Crippen molar-refractivity contribution in [2.24, 2.45) is 5.41 Å². The fraction of sp³-hybridized carbons (Fsp3) is 0.667. The van der Waals surface area contributed by atoms with Crippen molar-refractivity contribution in [1.29, 1.82) is 0 Å². The van der Waals surface area contributed by atoms with E-state index in [0.717, 1.165) is 43.2 Å². The predicted octanol–water partition coefficient (Wildman–Crippen LogP) is 6.38. The van der Waals surface area contributed by atoms with Crippen LogP contribution in [0.5, 0.6) is 5.75 Å². The fourth-order valence-corrected chi connectivity index (χ4v) is 3.06. The molecule has 2 heteroatoms. The number of hydrogen-bond acceptors (Lipinski definition) is 2. The Labute approximate surface area is 142 Å². The minimum atomic E-state index is -0.360. The molecule has 130 valence electrons. The van der Waals surface area contributed by atoms with Gasteiger partial charge in [-0.05, 0) is 56.9 Å². The summed E-state index contributed by atoms with van der Waals surface area (Å²) in [6.45, 7) is 10.5. The summed E-state index contributed by atoms with van der Waals surface area (Å²) in [7, 11) is 0. The van der Waals surface area contributed by atoms with E-state index in [2.05, 4.69) is 26.8 Å². The van der Waals surface area contributed by atoms with Gasteiger partial charge in [-0.1, -0.05) is 58.4 Å². The predicted molar refractivity (Wildman–Crippen MR) is 97.9 cm³/mol. The maximum absolute atomic E-state index is 12.8. The van der Waals surface area contributed by atoms with Crippen LogP contribution in [0, 0.1) is 19.3 Å². The molecule has 0 fully saturated rings. The Morgan fingerprint density at radius 3 is 2.04 bits per heavy atom. The molecule has 0 spiro atoms. The summed E-state index contributed by atoms with van der Waals surface area (Å²) < 4.78 is 5.76. The molecule has 1 rings (SSSR count). The smallest absolute Gasteiger partial charge is 0.317 e. The van der Waals surface area contributed by atoms with Crippen molar-refractivity contribution < 1.29 is 9.53 Å². The molecule has 1 aromatic carbocycles. The first kappa shape index (κ1) is 19.7. The Kier molecular flexibility index (Phi) is 8.36.